The number of amidine groups is 1. The Morgan fingerprint density at radius 1 is 1.13 bits per heavy atom. The number of likely N-dealkylation sites (N-methyl/N-ethyl adjacent to an activating group) is 1. The van der Waals surface area contributed by atoms with Gasteiger partial charge >= 0.3 is 5.97 Å². The van der Waals surface area contributed by atoms with E-state index in [1.54, 1.807) is 31.0 Å². The third-order valence-electron chi connectivity index (χ3n) is 4.43. The van der Waals surface area contributed by atoms with E-state index in [2.05, 4.69) is 6.92 Å². The average Bonchev–Trinajstić information content (AvgIpc) is 3.01. The number of aliphatic imine (C=N–C) groups is 1. The van der Waals surface area contributed by atoms with E-state index in [0.717, 1.165) is 23.2 Å². The Bertz CT molecular complexity index is 983. The largest absolute Gasteiger partial charge is 0.482 e. The molecule has 0 spiro atoms. The number of rotatable bonds is 7. The van der Waals surface area contributed by atoms with Crippen molar-refractivity contribution in [1.29, 1.82) is 0 Å². The van der Waals surface area contributed by atoms with E-state index in [4.69, 9.17) is 14.5 Å². The lowest BCUT2D eigenvalue weighted by atomic mass is 10.1. The molecular formula is C23H24N2O4S. The SMILES string of the molecule is CCOC(=O)COc1ccc(C=C2SC(=Nc3ccccc3CC)N(C)C2=O)cc1. The van der Waals surface area contributed by atoms with Crippen molar-refractivity contribution in [2.45, 2.75) is 20.3 Å². The first-order chi connectivity index (χ1) is 14.5. The third kappa shape index (κ3) is 5.30. The van der Waals surface area contributed by atoms with Crippen LogP contribution in [0.5, 0.6) is 5.75 Å². The second-order valence-electron chi connectivity index (χ2n) is 6.51. The Labute approximate surface area is 180 Å². The van der Waals surface area contributed by atoms with Crippen LogP contribution < -0.4 is 4.74 Å². The standard InChI is InChI=1S/C23H24N2O4S/c1-4-17-8-6-7-9-19(17)24-23-25(3)22(27)20(30-23)14-16-10-12-18(13-11-16)29-15-21(26)28-5-2/h6-14H,4-5,15H2,1-3H3. The second-order valence-corrected chi connectivity index (χ2v) is 7.52. The number of thioether (sulfide) groups is 1. The van der Waals surface area contributed by atoms with Crippen LogP contribution in [0.25, 0.3) is 6.08 Å². The number of carbonyl (C=O) groups is 2. The minimum absolute atomic E-state index is 0.0876. The number of esters is 1. The monoisotopic (exact) mass is 424 g/mol. The van der Waals surface area contributed by atoms with E-state index in [0.29, 0.717) is 22.4 Å². The zero-order valence-corrected chi connectivity index (χ0v) is 18.1. The van der Waals surface area contributed by atoms with Crippen molar-refractivity contribution in [3.63, 3.8) is 0 Å². The van der Waals surface area contributed by atoms with E-state index in [1.807, 2.05) is 42.5 Å². The smallest absolute Gasteiger partial charge is 0.344 e. The van der Waals surface area contributed by atoms with Gasteiger partial charge in [-0.05, 0) is 60.5 Å². The molecule has 0 aliphatic carbocycles. The molecule has 1 heterocycles. The summed E-state index contributed by atoms with van der Waals surface area (Å²) in [5, 5.41) is 0.654. The fourth-order valence-electron chi connectivity index (χ4n) is 2.83. The maximum Gasteiger partial charge on any atom is 0.344 e. The molecule has 0 N–H and O–H groups in total. The van der Waals surface area contributed by atoms with Crippen LogP contribution in [-0.2, 0) is 20.7 Å². The fraction of sp³-hybridized carbons (Fsp3) is 0.261. The summed E-state index contributed by atoms with van der Waals surface area (Å²) in [5.74, 6) is 0.0673. The van der Waals surface area contributed by atoms with Gasteiger partial charge in [0.2, 0.25) is 0 Å². The fourth-order valence-corrected chi connectivity index (χ4v) is 3.81. The van der Waals surface area contributed by atoms with E-state index in [-0.39, 0.29) is 12.5 Å². The summed E-state index contributed by atoms with van der Waals surface area (Å²) in [6.45, 7) is 4.02. The molecule has 0 atom stereocenters. The van der Waals surface area contributed by atoms with Crippen molar-refractivity contribution < 1.29 is 19.1 Å². The van der Waals surface area contributed by atoms with Crippen molar-refractivity contribution in [2.75, 3.05) is 20.3 Å². The molecule has 1 aliphatic rings. The van der Waals surface area contributed by atoms with Gasteiger partial charge in [0.05, 0.1) is 17.2 Å². The van der Waals surface area contributed by atoms with Gasteiger partial charge < -0.3 is 9.47 Å². The van der Waals surface area contributed by atoms with Crippen molar-refractivity contribution in [2.24, 2.45) is 4.99 Å². The number of aryl methyl sites for hydroxylation is 1. The maximum absolute atomic E-state index is 12.7. The second kappa shape index (κ2) is 10.1. The van der Waals surface area contributed by atoms with Crippen LogP contribution in [0.1, 0.15) is 25.0 Å². The topological polar surface area (TPSA) is 68.2 Å². The summed E-state index contributed by atoms with van der Waals surface area (Å²) in [5.41, 5.74) is 2.88. The molecule has 30 heavy (non-hydrogen) atoms. The number of ether oxygens (including phenoxy) is 2. The Morgan fingerprint density at radius 3 is 2.57 bits per heavy atom. The molecule has 1 saturated heterocycles. The molecular weight excluding hydrogens is 400 g/mol. The molecule has 0 aromatic heterocycles. The molecule has 0 bridgehead atoms. The molecule has 3 rings (SSSR count). The van der Waals surface area contributed by atoms with Gasteiger partial charge in [0.1, 0.15) is 5.75 Å². The molecule has 6 nitrogen and oxygen atoms in total. The number of benzene rings is 2. The van der Waals surface area contributed by atoms with Gasteiger partial charge in [0.25, 0.3) is 5.91 Å². The van der Waals surface area contributed by atoms with Crippen LogP contribution in [0.3, 0.4) is 0 Å². The minimum Gasteiger partial charge on any atom is -0.482 e. The molecule has 1 aliphatic heterocycles. The highest BCUT2D eigenvalue weighted by molar-refractivity contribution is 8.18. The average molecular weight is 425 g/mol. The first-order valence-electron chi connectivity index (χ1n) is 9.74. The number of amides is 1. The zero-order valence-electron chi connectivity index (χ0n) is 17.3. The highest BCUT2D eigenvalue weighted by Crippen LogP contribution is 2.34. The van der Waals surface area contributed by atoms with Crippen molar-refractivity contribution in [3.05, 3.63) is 64.6 Å². The summed E-state index contributed by atoms with van der Waals surface area (Å²) in [4.78, 5) is 30.9. The molecule has 0 radical (unpaired) electrons. The van der Waals surface area contributed by atoms with Gasteiger partial charge in [-0.2, -0.15) is 0 Å². The van der Waals surface area contributed by atoms with Crippen LogP contribution in [0.4, 0.5) is 5.69 Å². The lowest BCUT2D eigenvalue weighted by Gasteiger charge is -2.08. The van der Waals surface area contributed by atoms with Crippen LogP contribution in [0.2, 0.25) is 0 Å². The molecule has 1 fully saturated rings. The van der Waals surface area contributed by atoms with Crippen molar-refractivity contribution in [1.82, 2.24) is 4.90 Å². The number of hydrogen-bond acceptors (Lipinski definition) is 6. The van der Waals surface area contributed by atoms with Gasteiger partial charge in [-0.25, -0.2) is 9.79 Å². The van der Waals surface area contributed by atoms with Gasteiger partial charge in [-0.3, -0.25) is 9.69 Å². The van der Waals surface area contributed by atoms with Crippen molar-refractivity contribution >= 4 is 40.6 Å². The first-order valence-corrected chi connectivity index (χ1v) is 10.6. The molecule has 2 aromatic carbocycles. The van der Waals surface area contributed by atoms with E-state index >= 15 is 0 Å². The predicted molar refractivity (Wildman–Crippen MR) is 120 cm³/mol. The van der Waals surface area contributed by atoms with Crippen molar-refractivity contribution in [3.8, 4) is 5.75 Å². The Morgan fingerprint density at radius 2 is 1.87 bits per heavy atom. The normalized spacial score (nSPS) is 16.4. The molecule has 0 saturated carbocycles. The van der Waals surface area contributed by atoms with E-state index in [9.17, 15) is 9.59 Å². The molecule has 1 amide bonds. The number of nitrogens with zero attached hydrogens (tertiary/aromatic N) is 2. The van der Waals surface area contributed by atoms with Gasteiger partial charge in [0, 0.05) is 7.05 Å². The Kier molecular flexibility index (Phi) is 7.30. The summed E-state index contributed by atoms with van der Waals surface area (Å²) in [6.07, 6.45) is 2.70. The first kappa shape index (κ1) is 21.6. The molecule has 2 aromatic rings. The van der Waals surface area contributed by atoms with E-state index in [1.165, 1.54) is 11.8 Å². The quantitative estimate of drug-likeness (QED) is 0.486. The highest BCUT2D eigenvalue weighted by Gasteiger charge is 2.30. The van der Waals surface area contributed by atoms with Gasteiger partial charge in [0.15, 0.2) is 11.8 Å². The predicted octanol–water partition coefficient (Wildman–Crippen LogP) is 4.42. The Balaban J connectivity index is 1.72. The summed E-state index contributed by atoms with van der Waals surface area (Å²) >= 11 is 1.35. The lowest BCUT2D eigenvalue weighted by molar-refractivity contribution is -0.145. The minimum atomic E-state index is -0.406. The lowest BCUT2D eigenvalue weighted by Crippen LogP contribution is -2.23. The number of para-hydroxylation sites is 1. The van der Waals surface area contributed by atoms with Crippen LogP contribution >= 0.6 is 11.8 Å². The van der Waals surface area contributed by atoms with Crippen LogP contribution in [-0.4, -0.2) is 42.2 Å². The highest BCUT2D eigenvalue weighted by atomic mass is 32.2. The zero-order chi connectivity index (χ0) is 21.5. The number of carbonyl (C=O) groups excluding carboxylic acids is 2. The molecule has 7 heteroatoms. The van der Waals surface area contributed by atoms with Gasteiger partial charge in [-0.15, -0.1) is 0 Å². The molecule has 156 valence electrons. The van der Waals surface area contributed by atoms with Gasteiger partial charge in [-0.1, -0.05) is 37.3 Å². The van der Waals surface area contributed by atoms with Crippen LogP contribution in [0, 0.1) is 0 Å². The summed E-state index contributed by atoms with van der Waals surface area (Å²) in [6, 6.07) is 15.1. The summed E-state index contributed by atoms with van der Waals surface area (Å²) in [7, 11) is 1.73. The van der Waals surface area contributed by atoms with Crippen LogP contribution in [0.15, 0.2) is 58.4 Å². The Hall–Kier alpha value is -3.06. The maximum atomic E-state index is 12.7. The summed E-state index contributed by atoms with van der Waals surface area (Å²) < 4.78 is 10.2. The van der Waals surface area contributed by atoms with E-state index < -0.39 is 5.97 Å². The molecule has 0 unspecified atom stereocenters. The number of hydrogen-bond donors (Lipinski definition) is 0. The third-order valence-corrected chi connectivity index (χ3v) is 5.49.